The maximum atomic E-state index is 13.2. The van der Waals surface area contributed by atoms with Gasteiger partial charge >= 0.3 is 0 Å². The SMILES string of the molecule is Fc1ccccc1Oc1ccc(Br)cn1. The lowest BCUT2D eigenvalue weighted by molar-refractivity contribution is 0.427. The molecule has 1 heterocycles. The highest BCUT2D eigenvalue weighted by molar-refractivity contribution is 9.10. The Morgan fingerprint density at radius 2 is 1.93 bits per heavy atom. The summed E-state index contributed by atoms with van der Waals surface area (Å²) in [7, 11) is 0. The van der Waals surface area contributed by atoms with Gasteiger partial charge in [-0.3, -0.25) is 0 Å². The number of halogens is 2. The van der Waals surface area contributed by atoms with Crippen molar-refractivity contribution >= 4 is 15.9 Å². The number of hydrogen-bond acceptors (Lipinski definition) is 2. The second-order valence-corrected chi connectivity index (χ2v) is 3.76. The fourth-order valence-electron chi connectivity index (χ4n) is 1.06. The molecule has 0 aliphatic rings. The van der Waals surface area contributed by atoms with Crippen LogP contribution in [0.4, 0.5) is 4.39 Å². The number of pyridine rings is 1. The minimum atomic E-state index is -0.401. The molecule has 0 aliphatic heterocycles. The van der Waals surface area contributed by atoms with Crippen LogP contribution in [0.3, 0.4) is 0 Å². The van der Waals surface area contributed by atoms with Gasteiger partial charge in [0.2, 0.25) is 5.88 Å². The van der Waals surface area contributed by atoms with Crippen LogP contribution in [-0.2, 0) is 0 Å². The molecule has 2 nitrogen and oxygen atoms in total. The Balaban J connectivity index is 2.22. The lowest BCUT2D eigenvalue weighted by atomic mass is 10.3. The summed E-state index contributed by atoms with van der Waals surface area (Å²) in [5.74, 6) is 0.137. The van der Waals surface area contributed by atoms with Crippen molar-refractivity contribution in [2.45, 2.75) is 0 Å². The van der Waals surface area contributed by atoms with Crippen molar-refractivity contribution in [1.29, 1.82) is 0 Å². The molecule has 0 atom stereocenters. The number of ether oxygens (including phenoxy) is 1. The Morgan fingerprint density at radius 1 is 1.13 bits per heavy atom. The molecule has 0 aliphatic carbocycles. The molecule has 2 rings (SSSR count). The molecular weight excluding hydrogens is 261 g/mol. The normalized spacial score (nSPS) is 10.0. The third-order valence-corrected chi connectivity index (χ3v) is 2.22. The van der Waals surface area contributed by atoms with Crippen LogP contribution in [0, 0.1) is 5.82 Å². The summed E-state index contributed by atoms with van der Waals surface area (Å²) < 4.78 is 19.3. The van der Waals surface area contributed by atoms with Gasteiger partial charge in [-0.15, -0.1) is 0 Å². The highest BCUT2D eigenvalue weighted by Gasteiger charge is 2.03. The van der Waals surface area contributed by atoms with Crippen LogP contribution in [-0.4, -0.2) is 4.98 Å². The first-order valence-corrected chi connectivity index (χ1v) is 5.09. The summed E-state index contributed by atoms with van der Waals surface area (Å²) >= 11 is 3.25. The average Bonchev–Trinajstić information content (AvgIpc) is 2.25. The Bertz CT molecular complexity index is 458. The van der Waals surface area contributed by atoms with Crippen molar-refractivity contribution in [3.8, 4) is 11.6 Å². The second kappa shape index (κ2) is 4.40. The van der Waals surface area contributed by atoms with Crippen LogP contribution < -0.4 is 4.74 Å². The van der Waals surface area contributed by atoms with Crippen LogP contribution in [0.25, 0.3) is 0 Å². The number of rotatable bonds is 2. The fourth-order valence-corrected chi connectivity index (χ4v) is 1.30. The molecule has 0 fully saturated rings. The van der Waals surface area contributed by atoms with E-state index in [-0.39, 0.29) is 5.75 Å². The first-order valence-electron chi connectivity index (χ1n) is 4.29. The van der Waals surface area contributed by atoms with E-state index in [4.69, 9.17) is 4.74 Å². The quantitative estimate of drug-likeness (QED) is 0.826. The summed E-state index contributed by atoms with van der Waals surface area (Å²) in [5.41, 5.74) is 0. The van der Waals surface area contributed by atoms with Gasteiger partial charge in [-0.1, -0.05) is 12.1 Å². The molecule has 0 N–H and O–H groups in total. The number of hydrogen-bond donors (Lipinski definition) is 0. The van der Waals surface area contributed by atoms with E-state index in [1.807, 2.05) is 0 Å². The minimum absolute atomic E-state index is 0.173. The molecule has 0 unspecified atom stereocenters. The molecule has 0 amide bonds. The van der Waals surface area contributed by atoms with Gasteiger partial charge < -0.3 is 4.74 Å². The first kappa shape index (κ1) is 10.1. The molecule has 0 spiro atoms. The Hall–Kier alpha value is -1.42. The zero-order valence-electron chi connectivity index (χ0n) is 7.65. The maximum Gasteiger partial charge on any atom is 0.219 e. The summed E-state index contributed by atoms with van der Waals surface area (Å²) in [5, 5.41) is 0. The molecule has 0 radical (unpaired) electrons. The van der Waals surface area contributed by atoms with E-state index in [9.17, 15) is 4.39 Å². The van der Waals surface area contributed by atoms with Gasteiger partial charge in [0.25, 0.3) is 0 Å². The predicted molar refractivity (Wildman–Crippen MR) is 58.4 cm³/mol. The molecule has 76 valence electrons. The number of benzene rings is 1. The van der Waals surface area contributed by atoms with E-state index >= 15 is 0 Å². The van der Waals surface area contributed by atoms with Crippen LogP contribution in [0.2, 0.25) is 0 Å². The zero-order valence-corrected chi connectivity index (χ0v) is 9.24. The molecule has 1 aromatic carbocycles. The lowest BCUT2D eigenvalue weighted by Crippen LogP contribution is -1.89. The van der Waals surface area contributed by atoms with E-state index in [0.29, 0.717) is 5.88 Å². The fraction of sp³-hybridized carbons (Fsp3) is 0. The van der Waals surface area contributed by atoms with E-state index in [0.717, 1.165) is 4.47 Å². The average molecular weight is 268 g/mol. The van der Waals surface area contributed by atoms with Gasteiger partial charge in [0, 0.05) is 16.7 Å². The predicted octanol–water partition coefficient (Wildman–Crippen LogP) is 3.78. The van der Waals surface area contributed by atoms with E-state index in [1.165, 1.54) is 6.07 Å². The van der Waals surface area contributed by atoms with Gasteiger partial charge in [0.1, 0.15) is 0 Å². The molecule has 4 heteroatoms. The smallest absolute Gasteiger partial charge is 0.219 e. The molecule has 2 aromatic rings. The van der Waals surface area contributed by atoms with Crippen molar-refractivity contribution in [3.63, 3.8) is 0 Å². The third-order valence-electron chi connectivity index (χ3n) is 1.75. The lowest BCUT2D eigenvalue weighted by Gasteiger charge is -2.04. The van der Waals surface area contributed by atoms with Gasteiger partial charge in [-0.2, -0.15) is 0 Å². The first-order chi connectivity index (χ1) is 7.25. The summed E-state index contributed by atoms with van der Waals surface area (Å²) in [6.07, 6.45) is 1.59. The Kier molecular flexibility index (Phi) is 2.97. The zero-order chi connectivity index (χ0) is 10.7. The Morgan fingerprint density at radius 3 is 2.60 bits per heavy atom. The molecular formula is C11H7BrFNO. The monoisotopic (exact) mass is 267 g/mol. The molecule has 0 saturated heterocycles. The molecule has 1 aromatic heterocycles. The van der Waals surface area contributed by atoms with E-state index < -0.39 is 5.82 Å². The van der Waals surface area contributed by atoms with Crippen LogP contribution >= 0.6 is 15.9 Å². The summed E-state index contributed by atoms with van der Waals surface area (Å²) in [6.45, 7) is 0. The number of nitrogens with zero attached hydrogens (tertiary/aromatic N) is 1. The highest BCUT2D eigenvalue weighted by atomic mass is 79.9. The minimum Gasteiger partial charge on any atom is -0.436 e. The summed E-state index contributed by atoms with van der Waals surface area (Å²) in [4.78, 5) is 3.98. The molecule has 0 saturated carbocycles. The van der Waals surface area contributed by atoms with Crippen molar-refractivity contribution in [3.05, 3.63) is 52.9 Å². The van der Waals surface area contributed by atoms with Gasteiger partial charge in [0.15, 0.2) is 11.6 Å². The van der Waals surface area contributed by atoms with Crippen LogP contribution in [0.15, 0.2) is 47.1 Å². The largest absolute Gasteiger partial charge is 0.436 e. The van der Waals surface area contributed by atoms with Crippen molar-refractivity contribution < 1.29 is 9.13 Å². The molecule has 15 heavy (non-hydrogen) atoms. The molecule has 0 bridgehead atoms. The summed E-state index contributed by atoms with van der Waals surface area (Å²) in [6, 6.07) is 9.65. The number of aromatic nitrogens is 1. The van der Waals surface area contributed by atoms with Gasteiger partial charge in [-0.25, -0.2) is 9.37 Å². The van der Waals surface area contributed by atoms with Gasteiger partial charge in [0.05, 0.1) is 0 Å². The maximum absolute atomic E-state index is 13.2. The van der Waals surface area contributed by atoms with E-state index in [2.05, 4.69) is 20.9 Å². The van der Waals surface area contributed by atoms with Crippen molar-refractivity contribution in [2.24, 2.45) is 0 Å². The van der Waals surface area contributed by atoms with Crippen molar-refractivity contribution in [1.82, 2.24) is 4.98 Å². The Labute approximate surface area is 94.9 Å². The highest BCUT2D eigenvalue weighted by Crippen LogP contribution is 2.22. The van der Waals surface area contributed by atoms with Gasteiger partial charge in [-0.05, 0) is 34.1 Å². The topological polar surface area (TPSA) is 22.1 Å². The van der Waals surface area contributed by atoms with Crippen LogP contribution in [0.5, 0.6) is 11.6 Å². The number of para-hydroxylation sites is 1. The van der Waals surface area contributed by atoms with Crippen molar-refractivity contribution in [2.75, 3.05) is 0 Å². The van der Waals surface area contributed by atoms with Crippen LogP contribution in [0.1, 0.15) is 0 Å². The van der Waals surface area contributed by atoms with E-state index in [1.54, 1.807) is 36.5 Å². The second-order valence-electron chi connectivity index (χ2n) is 2.85. The third kappa shape index (κ3) is 2.53. The standard InChI is InChI=1S/C11H7BrFNO/c12-8-5-6-11(14-7-8)15-10-4-2-1-3-9(10)13/h1-7H.